The molecule has 2 aromatic rings. The standard InChI is InChI=1S/C14H14F3N3O2S/c1-9-7-12(10(8-19-9)14(15,16)17)20-11-5-3-4-6-13(11)23(21,22)18-2/h3-8,18H,1-2H3,(H,19,20). The first-order valence-corrected chi connectivity index (χ1v) is 7.97. The van der Waals surface area contributed by atoms with Gasteiger partial charge in [-0.2, -0.15) is 13.2 Å². The van der Waals surface area contributed by atoms with E-state index in [9.17, 15) is 21.6 Å². The molecule has 0 spiro atoms. The number of para-hydroxylation sites is 1. The molecule has 9 heteroatoms. The molecule has 0 aliphatic heterocycles. The summed E-state index contributed by atoms with van der Waals surface area (Å²) in [7, 11) is -2.59. The van der Waals surface area contributed by atoms with E-state index in [4.69, 9.17) is 0 Å². The van der Waals surface area contributed by atoms with Gasteiger partial charge in [-0.1, -0.05) is 12.1 Å². The molecule has 0 radical (unpaired) electrons. The fourth-order valence-corrected chi connectivity index (χ4v) is 2.83. The second kappa shape index (κ2) is 6.17. The number of benzene rings is 1. The van der Waals surface area contributed by atoms with Crippen LogP contribution in [0.3, 0.4) is 0 Å². The Morgan fingerprint density at radius 2 is 1.78 bits per heavy atom. The normalized spacial score (nSPS) is 12.2. The molecule has 1 aromatic carbocycles. The zero-order valence-electron chi connectivity index (χ0n) is 12.3. The van der Waals surface area contributed by atoms with Crippen molar-refractivity contribution in [2.24, 2.45) is 0 Å². The summed E-state index contributed by atoms with van der Waals surface area (Å²) in [4.78, 5) is 3.50. The fourth-order valence-electron chi connectivity index (χ4n) is 1.95. The number of hydrogen-bond acceptors (Lipinski definition) is 4. The lowest BCUT2D eigenvalue weighted by atomic mass is 10.2. The molecule has 0 fully saturated rings. The van der Waals surface area contributed by atoms with Crippen molar-refractivity contribution >= 4 is 21.4 Å². The third kappa shape index (κ3) is 3.80. The van der Waals surface area contributed by atoms with Crippen LogP contribution < -0.4 is 10.0 Å². The van der Waals surface area contributed by atoms with Gasteiger partial charge in [0.05, 0.1) is 16.9 Å². The van der Waals surface area contributed by atoms with Gasteiger partial charge in [0, 0.05) is 11.9 Å². The summed E-state index contributed by atoms with van der Waals surface area (Å²) in [6, 6.07) is 6.91. The molecular weight excluding hydrogens is 331 g/mol. The van der Waals surface area contributed by atoms with Crippen molar-refractivity contribution in [2.75, 3.05) is 12.4 Å². The molecule has 23 heavy (non-hydrogen) atoms. The molecule has 2 N–H and O–H groups in total. The number of hydrogen-bond donors (Lipinski definition) is 2. The average Bonchev–Trinajstić information content (AvgIpc) is 2.46. The second-order valence-electron chi connectivity index (χ2n) is 4.70. The van der Waals surface area contributed by atoms with Gasteiger partial charge in [-0.15, -0.1) is 0 Å². The Morgan fingerprint density at radius 1 is 1.13 bits per heavy atom. The SMILES string of the molecule is CNS(=O)(=O)c1ccccc1Nc1cc(C)ncc1C(F)(F)F. The van der Waals surface area contributed by atoms with E-state index in [-0.39, 0.29) is 16.3 Å². The van der Waals surface area contributed by atoms with Crippen LogP contribution in [0.4, 0.5) is 24.5 Å². The predicted octanol–water partition coefficient (Wildman–Crippen LogP) is 3.06. The van der Waals surface area contributed by atoms with Gasteiger partial charge in [0.1, 0.15) is 4.90 Å². The lowest BCUT2D eigenvalue weighted by Crippen LogP contribution is -2.20. The topological polar surface area (TPSA) is 71.1 Å². The summed E-state index contributed by atoms with van der Waals surface area (Å²) in [5, 5.41) is 2.55. The summed E-state index contributed by atoms with van der Waals surface area (Å²) in [5.41, 5.74) is -0.823. The minimum Gasteiger partial charge on any atom is -0.354 e. The first-order valence-electron chi connectivity index (χ1n) is 6.48. The molecule has 0 aliphatic carbocycles. The molecule has 2 rings (SSSR count). The number of alkyl halides is 3. The number of nitrogens with zero attached hydrogens (tertiary/aromatic N) is 1. The van der Waals surface area contributed by atoms with Gasteiger partial charge in [-0.3, -0.25) is 4.98 Å². The zero-order chi connectivity index (χ0) is 17.3. The Morgan fingerprint density at radius 3 is 2.39 bits per heavy atom. The van der Waals surface area contributed by atoms with E-state index >= 15 is 0 Å². The Balaban J connectivity index is 2.56. The molecular formula is C14H14F3N3O2S. The van der Waals surface area contributed by atoms with Crippen molar-refractivity contribution in [1.82, 2.24) is 9.71 Å². The Hall–Kier alpha value is -2.13. The van der Waals surface area contributed by atoms with Crippen LogP contribution in [0.15, 0.2) is 41.4 Å². The van der Waals surface area contributed by atoms with E-state index in [1.165, 1.54) is 37.4 Å². The summed E-state index contributed by atoms with van der Waals surface area (Å²) in [6.45, 7) is 1.54. The minimum absolute atomic E-state index is 0.0398. The molecule has 0 bridgehead atoms. The average molecular weight is 345 g/mol. The largest absolute Gasteiger partial charge is 0.419 e. The number of aromatic nitrogens is 1. The van der Waals surface area contributed by atoms with E-state index in [2.05, 4.69) is 15.0 Å². The van der Waals surface area contributed by atoms with Crippen molar-refractivity contribution in [1.29, 1.82) is 0 Å². The lowest BCUT2D eigenvalue weighted by molar-refractivity contribution is -0.137. The molecule has 0 atom stereocenters. The first-order chi connectivity index (χ1) is 10.6. The third-order valence-electron chi connectivity index (χ3n) is 3.06. The summed E-state index contributed by atoms with van der Waals surface area (Å²) < 4.78 is 65.3. The fraction of sp³-hybridized carbons (Fsp3) is 0.214. The number of pyridine rings is 1. The third-order valence-corrected chi connectivity index (χ3v) is 4.53. The number of rotatable bonds is 4. The molecule has 0 amide bonds. The highest BCUT2D eigenvalue weighted by Crippen LogP contribution is 2.36. The number of sulfonamides is 1. The van der Waals surface area contributed by atoms with Crippen LogP contribution in [-0.4, -0.2) is 20.4 Å². The maximum absolute atomic E-state index is 13.1. The molecule has 5 nitrogen and oxygen atoms in total. The smallest absolute Gasteiger partial charge is 0.354 e. The Labute approximate surface area is 131 Å². The van der Waals surface area contributed by atoms with Crippen LogP contribution in [0.1, 0.15) is 11.3 Å². The van der Waals surface area contributed by atoms with Crippen molar-refractivity contribution < 1.29 is 21.6 Å². The highest BCUT2D eigenvalue weighted by Gasteiger charge is 2.34. The highest BCUT2D eigenvalue weighted by molar-refractivity contribution is 7.89. The van der Waals surface area contributed by atoms with E-state index in [1.54, 1.807) is 6.92 Å². The monoisotopic (exact) mass is 345 g/mol. The number of anilines is 2. The van der Waals surface area contributed by atoms with Crippen LogP contribution in [0.5, 0.6) is 0 Å². The van der Waals surface area contributed by atoms with E-state index in [0.717, 1.165) is 0 Å². The van der Waals surface area contributed by atoms with Gasteiger partial charge >= 0.3 is 6.18 Å². The predicted molar refractivity (Wildman–Crippen MR) is 79.9 cm³/mol. The van der Waals surface area contributed by atoms with Gasteiger partial charge in [0.15, 0.2) is 0 Å². The molecule has 124 valence electrons. The van der Waals surface area contributed by atoms with Crippen LogP contribution in [0.25, 0.3) is 0 Å². The van der Waals surface area contributed by atoms with Crippen LogP contribution >= 0.6 is 0 Å². The maximum Gasteiger partial charge on any atom is 0.419 e. The number of halogens is 3. The van der Waals surface area contributed by atoms with Gasteiger partial charge < -0.3 is 5.32 Å². The molecule has 0 unspecified atom stereocenters. The van der Waals surface area contributed by atoms with E-state index in [1.807, 2.05) is 0 Å². The minimum atomic E-state index is -4.61. The molecule has 1 heterocycles. The number of aryl methyl sites for hydroxylation is 1. The zero-order valence-corrected chi connectivity index (χ0v) is 13.1. The molecule has 0 aliphatic rings. The lowest BCUT2D eigenvalue weighted by Gasteiger charge is -2.16. The van der Waals surface area contributed by atoms with Crippen molar-refractivity contribution in [3.05, 3.63) is 47.8 Å². The van der Waals surface area contributed by atoms with E-state index < -0.39 is 21.8 Å². The van der Waals surface area contributed by atoms with Gasteiger partial charge in [0.25, 0.3) is 0 Å². The molecule has 1 aromatic heterocycles. The van der Waals surface area contributed by atoms with Crippen molar-refractivity contribution in [3.8, 4) is 0 Å². The number of nitrogens with one attached hydrogen (secondary N) is 2. The Kier molecular flexibility index (Phi) is 4.62. The van der Waals surface area contributed by atoms with E-state index in [0.29, 0.717) is 11.9 Å². The van der Waals surface area contributed by atoms with Crippen LogP contribution in [0.2, 0.25) is 0 Å². The summed E-state index contributed by atoms with van der Waals surface area (Å²) >= 11 is 0. The van der Waals surface area contributed by atoms with Crippen molar-refractivity contribution in [2.45, 2.75) is 18.0 Å². The maximum atomic E-state index is 13.1. The summed E-state index contributed by atoms with van der Waals surface area (Å²) in [6.07, 6.45) is -3.90. The quantitative estimate of drug-likeness (QED) is 0.893. The van der Waals surface area contributed by atoms with Crippen LogP contribution in [0, 0.1) is 6.92 Å². The van der Waals surface area contributed by atoms with Crippen LogP contribution in [-0.2, 0) is 16.2 Å². The second-order valence-corrected chi connectivity index (χ2v) is 6.55. The first kappa shape index (κ1) is 17.2. The Bertz CT molecular complexity index is 820. The van der Waals surface area contributed by atoms with Gasteiger partial charge in [0.2, 0.25) is 10.0 Å². The molecule has 0 saturated heterocycles. The van der Waals surface area contributed by atoms with Gasteiger partial charge in [-0.25, -0.2) is 13.1 Å². The van der Waals surface area contributed by atoms with Crippen molar-refractivity contribution in [3.63, 3.8) is 0 Å². The molecule has 0 saturated carbocycles. The summed E-state index contributed by atoms with van der Waals surface area (Å²) in [5.74, 6) is 0. The highest BCUT2D eigenvalue weighted by atomic mass is 32.2. The van der Waals surface area contributed by atoms with Gasteiger partial charge in [-0.05, 0) is 32.2 Å².